The van der Waals surface area contributed by atoms with Gasteiger partial charge in [0.2, 0.25) is 0 Å². The van der Waals surface area contributed by atoms with Crippen LogP contribution in [0.1, 0.15) is 37.0 Å². The molecule has 19 heavy (non-hydrogen) atoms. The van der Waals surface area contributed by atoms with Gasteiger partial charge < -0.3 is 5.32 Å². The molecule has 0 aromatic carbocycles. The largest absolute Gasteiger partial charge is 0.307 e. The highest BCUT2D eigenvalue weighted by Gasteiger charge is 2.23. The summed E-state index contributed by atoms with van der Waals surface area (Å²) in [7, 11) is 3.92. The summed E-state index contributed by atoms with van der Waals surface area (Å²) >= 11 is 3.57. The van der Waals surface area contributed by atoms with Gasteiger partial charge in [0.1, 0.15) is 0 Å². The van der Waals surface area contributed by atoms with Crippen LogP contribution < -0.4 is 5.32 Å². The molecule has 1 unspecified atom stereocenters. The van der Waals surface area contributed by atoms with Gasteiger partial charge in [0, 0.05) is 13.6 Å². The van der Waals surface area contributed by atoms with Crippen LogP contribution in [0.25, 0.3) is 0 Å². The van der Waals surface area contributed by atoms with Gasteiger partial charge in [-0.15, -0.1) is 0 Å². The Kier molecular flexibility index (Phi) is 4.42. The molecule has 2 rings (SSSR count). The fraction of sp³-hybridized carbons (Fsp3) is 0.538. The minimum atomic E-state index is 0.0784. The molecule has 1 N–H and O–H groups in total. The van der Waals surface area contributed by atoms with E-state index in [-0.39, 0.29) is 6.04 Å². The van der Waals surface area contributed by atoms with Crippen LogP contribution >= 0.6 is 15.9 Å². The third-order valence-electron chi connectivity index (χ3n) is 3.32. The number of halogens is 1. The highest BCUT2D eigenvalue weighted by atomic mass is 79.9. The molecule has 6 heteroatoms. The average Bonchev–Trinajstić information content (AvgIpc) is 2.97. The molecule has 0 amide bonds. The Morgan fingerprint density at radius 1 is 1.42 bits per heavy atom. The van der Waals surface area contributed by atoms with Crippen molar-refractivity contribution in [3.8, 4) is 0 Å². The molecule has 5 nitrogen and oxygen atoms in total. The molecule has 0 aliphatic heterocycles. The van der Waals surface area contributed by atoms with Crippen molar-refractivity contribution in [2.75, 3.05) is 7.05 Å². The molecule has 0 saturated carbocycles. The van der Waals surface area contributed by atoms with Crippen LogP contribution in [0.15, 0.2) is 16.7 Å². The van der Waals surface area contributed by atoms with Gasteiger partial charge in [-0.2, -0.15) is 10.2 Å². The van der Waals surface area contributed by atoms with Gasteiger partial charge in [-0.25, -0.2) is 0 Å². The van der Waals surface area contributed by atoms with Crippen molar-refractivity contribution in [2.24, 2.45) is 7.05 Å². The minimum absolute atomic E-state index is 0.0784. The van der Waals surface area contributed by atoms with Gasteiger partial charge >= 0.3 is 0 Å². The van der Waals surface area contributed by atoms with E-state index >= 15 is 0 Å². The molecular weight excluding hydrogens is 306 g/mol. The second-order valence-electron chi connectivity index (χ2n) is 4.45. The fourth-order valence-electron chi connectivity index (χ4n) is 2.31. The van der Waals surface area contributed by atoms with E-state index in [1.165, 1.54) is 5.69 Å². The molecule has 1 atom stereocenters. The van der Waals surface area contributed by atoms with Gasteiger partial charge in [-0.05, 0) is 42.4 Å². The molecule has 0 fully saturated rings. The number of hydrogen-bond donors (Lipinski definition) is 1. The van der Waals surface area contributed by atoms with Gasteiger partial charge in [-0.3, -0.25) is 9.36 Å². The van der Waals surface area contributed by atoms with E-state index in [0.717, 1.165) is 28.8 Å². The van der Waals surface area contributed by atoms with E-state index in [1.807, 2.05) is 25.0 Å². The Hall–Kier alpha value is -1.14. The lowest BCUT2D eigenvalue weighted by atomic mass is 10.1. The molecule has 0 radical (unpaired) electrons. The van der Waals surface area contributed by atoms with Gasteiger partial charge in [0.05, 0.1) is 33.8 Å². The molecule has 0 aliphatic rings. The first-order valence-corrected chi connectivity index (χ1v) is 7.32. The van der Waals surface area contributed by atoms with Crippen molar-refractivity contribution in [1.82, 2.24) is 24.9 Å². The molecule has 2 heterocycles. The Morgan fingerprint density at radius 3 is 2.63 bits per heavy atom. The summed E-state index contributed by atoms with van der Waals surface area (Å²) in [6.45, 7) is 5.10. The zero-order valence-electron chi connectivity index (χ0n) is 11.8. The number of aromatic nitrogens is 4. The first-order valence-electron chi connectivity index (χ1n) is 6.53. The van der Waals surface area contributed by atoms with Crippen LogP contribution in [-0.2, 0) is 20.0 Å². The van der Waals surface area contributed by atoms with Crippen LogP contribution in [0, 0.1) is 0 Å². The van der Waals surface area contributed by atoms with Crippen molar-refractivity contribution >= 4 is 15.9 Å². The van der Waals surface area contributed by atoms with Gasteiger partial charge in [0.25, 0.3) is 0 Å². The summed E-state index contributed by atoms with van der Waals surface area (Å²) in [6.07, 6.45) is 2.77. The summed E-state index contributed by atoms with van der Waals surface area (Å²) in [4.78, 5) is 0. The van der Waals surface area contributed by atoms with E-state index in [0.29, 0.717) is 0 Å². The fourth-order valence-corrected chi connectivity index (χ4v) is 2.89. The molecule has 104 valence electrons. The predicted octanol–water partition coefficient (Wildman–Crippen LogP) is 2.27. The Balaban J connectivity index is 2.50. The molecule has 0 aliphatic carbocycles. The maximum absolute atomic E-state index is 4.62. The van der Waals surface area contributed by atoms with Gasteiger partial charge in [0.15, 0.2) is 0 Å². The number of nitrogens with zero attached hydrogens (tertiary/aromatic N) is 4. The number of hydrogen-bond acceptors (Lipinski definition) is 3. The molecule has 0 bridgehead atoms. The summed E-state index contributed by atoms with van der Waals surface area (Å²) < 4.78 is 4.96. The van der Waals surface area contributed by atoms with Crippen molar-refractivity contribution in [3.63, 3.8) is 0 Å². The second kappa shape index (κ2) is 5.88. The number of rotatable bonds is 5. The highest BCUT2D eigenvalue weighted by molar-refractivity contribution is 9.10. The number of nitrogens with one attached hydrogen (secondary N) is 1. The summed E-state index contributed by atoms with van der Waals surface area (Å²) in [5, 5.41) is 12.3. The number of aryl methyl sites for hydroxylation is 3. The normalized spacial score (nSPS) is 12.9. The second-order valence-corrected chi connectivity index (χ2v) is 5.31. The molecule has 0 spiro atoms. The Morgan fingerprint density at radius 2 is 2.16 bits per heavy atom. The third-order valence-corrected chi connectivity index (χ3v) is 3.93. The minimum Gasteiger partial charge on any atom is -0.307 e. The SMILES string of the molecule is CCc1cc(C(NC)c2c(Br)cnn2C)n(CC)n1. The molecular formula is C13H20BrN5. The first-order chi connectivity index (χ1) is 9.12. The lowest BCUT2D eigenvalue weighted by Crippen LogP contribution is -2.24. The Labute approximate surface area is 122 Å². The van der Waals surface area contributed by atoms with Gasteiger partial charge in [-0.1, -0.05) is 6.92 Å². The van der Waals surface area contributed by atoms with E-state index < -0.39 is 0 Å². The predicted molar refractivity (Wildman–Crippen MR) is 79.1 cm³/mol. The van der Waals surface area contributed by atoms with Crippen LogP contribution in [0.3, 0.4) is 0 Å². The summed E-state index contributed by atoms with van der Waals surface area (Å²) in [5.74, 6) is 0. The van der Waals surface area contributed by atoms with Crippen molar-refractivity contribution in [3.05, 3.63) is 33.8 Å². The van der Waals surface area contributed by atoms with Crippen molar-refractivity contribution in [2.45, 2.75) is 32.9 Å². The molecule has 2 aromatic rings. The zero-order valence-corrected chi connectivity index (χ0v) is 13.4. The lowest BCUT2D eigenvalue weighted by molar-refractivity contribution is 0.532. The molecule has 2 aromatic heterocycles. The van der Waals surface area contributed by atoms with Crippen LogP contribution in [0.2, 0.25) is 0 Å². The maximum Gasteiger partial charge on any atom is 0.0927 e. The zero-order chi connectivity index (χ0) is 14.0. The van der Waals surface area contributed by atoms with E-state index in [4.69, 9.17) is 0 Å². The van der Waals surface area contributed by atoms with Crippen LogP contribution in [0.4, 0.5) is 0 Å². The highest BCUT2D eigenvalue weighted by Crippen LogP contribution is 2.28. The topological polar surface area (TPSA) is 47.7 Å². The monoisotopic (exact) mass is 325 g/mol. The van der Waals surface area contributed by atoms with E-state index in [9.17, 15) is 0 Å². The van der Waals surface area contributed by atoms with Crippen LogP contribution in [-0.4, -0.2) is 26.6 Å². The van der Waals surface area contributed by atoms with Crippen molar-refractivity contribution < 1.29 is 0 Å². The smallest absolute Gasteiger partial charge is 0.0927 e. The van der Waals surface area contributed by atoms with E-state index in [1.54, 1.807) is 0 Å². The average molecular weight is 326 g/mol. The Bertz CT molecular complexity index is 538. The molecule has 0 saturated heterocycles. The van der Waals surface area contributed by atoms with Crippen LogP contribution in [0.5, 0.6) is 0 Å². The van der Waals surface area contributed by atoms with Crippen molar-refractivity contribution in [1.29, 1.82) is 0 Å². The maximum atomic E-state index is 4.62. The third kappa shape index (κ3) is 2.60. The standard InChI is InChI=1S/C13H20BrN5/c1-5-9-7-11(19(6-2)17-9)12(15-3)13-10(14)8-16-18(13)4/h7-8,12,15H,5-6H2,1-4H3. The first kappa shape index (κ1) is 14.3. The summed E-state index contributed by atoms with van der Waals surface area (Å²) in [5.41, 5.74) is 3.40. The van der Waals surface area contributed by atoms with E-state index in [2.05, 4.69) is 56.0 Å². The quantitative estimate of drug-likeness (QED) is 0.917. The summed E-state index contributed by atoms with van der Waals surface area (Å²) in [6, 6.07) is 2.25. The lowest BCUT2D eigenvalue weighted by Gasteiger charge is -2.18.